The number of carbonyl (C=O) groups is 1. The number of aromatic hydroxyl groups is 1. The topological polar surface area (TPSA) is 66.8 Å². The number of hydrogen-bond donors (Lipinski definition) is 2. The number of aliphatic hydroxyl groups is 1. The van der Waals surface area contributed by atoms with E-state index in [-0.39, 0.29) is 11.9 Å². The summed E-state index contributed by atoms with van der Waals surface area (Å²) in [7, 11) is 0. The Morgan fingerprint density at radius 3 is 2.83 bits per heavy atom. The lowest BCUT2D eigenvalue weighted by Crippen LogP contribution is -2.34. The molecule has 1 heterocycles. The first-order valence-corrected chi connectivity index (χ1v) is 7.91. The Balaban J connectivity index is 2.39. The van der Waals surface area contributed by atoms with E-state index in [2.05, 4.69) is 0 Å². The van der Waals surface area contributed by atoms with Crippen LogP contribution in [0.1, 0.15) is 48.7 Å². The van der Waals surface area contributed by atoms with Gasteiger partial charge in [-0.3, -0.25) is 4.79 Å². The van der Waals surface area contributed by atoms with Gasteiger partial charge in [0.05, 0.1) is 5.56 Å². The average Bonchev–Trinajstić information content (AvgIpc) is 2.52. The Bertz CT molecular complexity index is 639. The zero-order valence-electron chi connectivity index (χ0n) is 13.9. The van der Waals surface area contributed by atoms with Gasteiger partial charge in [-0.15, -0.1) is 0 Å². The Hall–Kier alpha value is -2.07. The summed E-state index contributed by atoms with van der Waals surface area (Å²) in [5.74, 6) is 0.620. The second-order valence-electron chi connectivity index (χ2n) is 6.09. The largest absolute Gasteiger partial charge is 0.507 e. The van der Waals surface area contributed by atoms with Crippen molar-refractivity contribution in [2.75, 3.05) is 0 Å². The second-order valence-corrected chi connectivity index (χ2v) is 6.09. The minimum atomic E-state index is -0.678. The highest BCUT2D eigenvalue weighted by Gasteiger charge is 2.28. The van der Waals surface area contributed by atoms with E-state index < -0.39 is 6.10 Å². The van der Waals surface area contributed by atoms with Crippen molar-refractivity contribution in [1.82, 2.24) is 0 Å². The molecule has 1 aliphatic rings. The molecule has 124 valence electrons. The van der Waals surface area contributed by atoms with E-state index in [4.69, 9.17) is 4.74 Å². The molecule has 0 amide bonds. The molecule has 0 saturated carbocycles. The summed E-state index contributed by atoms with van der Waals surface area (Å²) in [5, 5.41) is 20.4. The molecule has 2 atom stereocenters. The van der Waals surface area contributed by atoms with Gasteiger partial charge in [-0.25, -0.2) is 0 Å². The van der Waals surface area contributed by atoms with Gasteiger partial charge in [0, 0.05) is 11.1 Å². The number of allylic oxidation sites excluding steroid dienone is 3. The molecule has 2 rings (SSSR count). The van der Waals surface area contributed by atoms with Crippen LogP contribution in [0.5, 0.6) is 11.5 Å². The molecule has 4 heteroatoms. The first-order chi connectivity index (χ1) is 11.0. The van der Waals surface area contributed by atoms with Crippen LogP contribution in [0.15, 0.2) is 29.9 Å². The Kier molecular flexibility index (Phi) is 5.61. The minimum absolute atomic E-state index is 0.0345. The van der Waals surface area contributed by atoms with Gasteiger partial charge in [-0.05, 0) is 46.1 Å². The first-order valence-electron chi connectivity index (χ1n) is 7.91. The lowest BCUT2D eigenvalue weighted by Gasteiger charge is -2.30. The van der Waals surface area contributed by atoms with Gasteiger partial charge in [0.2, 0.25) is 0 Å². The van der Waals surface area contributed by atoms with Crippen molar-refractivity contribution in [3.63, 3.8) is 0 Å². The van der Waals surface area contributed by atoms with E-state index in [9.17, 15) is 15.0 Å². The molecular weight excluding hydrogens is 292 g/mol. The predicted octanol–water partition coefficient (Wildman–Crippen LogP) is 3.34. The summed E-state index contributed by atoms with van der Waals surface area (Å²) in [6, 6.07) is 1.78. The Labute approximate surface area is 137 Å². The number of phenolic OH excluding ortho intramolecular Hbond substituents is 1. The van der Waals surface area contributed by atoms with Crippen molar-refractivity contribution in [3.8, 4) is 11.5 Å². The standard InChI is InChI=1S/C19H24O4/c1-4-5-16(21)17-9-8-14-15(11-20)19(22)13(7-6-12(2)3)10-18(14)23-17/h4-6,10-11,16-17,21-22H,7-9H2,1-3H3/t16-,17-/m1/s1. The van der Waals surface area contributed by atoms with Crippen molar-refractivity contribution in [3.05, 3.63) is 46.6 Å². The molecule has 2 N–H and O–H groups in total. The fourth-order valence-corrected chi connectivity index (χ4v) is 2.79. The normalized spacial score (nSPS) is 18.2. The van der Waals surface area contributed by atoms with Crippen LogP contribution in [-0.2, 0) is 12.8 Å². The van der Waals surface area contributed by atoms with Gasteiger partial charge in [0.25, 0.3) is 0 Å². The highest BCUT2D eigenvalue weighted by Crippen LogP contribution is 2.38. The highest BCUT2D eigenvalue weighted by molar-refractivity contribution is 5.84. The second kappa shape index (κ2) is 7.47. The highest BCUT2D eigenvalue weighted by atomic mass is 16.5. The van der Waals surface area contributed by atoms with Crippen LogP contribution in [0, 0.1) is 0 Å². The van der Waals surface area contributed by atoms with Crippen LogP contribution in [0.3, 0.4) is 0 Å². The molecular formula is C19H24O4. The summed E-state index contributed by atoms with van der Waals surface area (Å²) in [6.45, 7) is 5.81. The molecule has 23 heavy (non-hydrogen) atoms. The fourth-order valence-electron chi connectivity index (χ4n) is 2.79. The van der Waals surface area contributed by atoms with E-state index in [1.165, 1.54) is 0 Å². The van der Waals surface area contributed by atoms with Gasteiger partial charge in [-0.1, -0.05) is 23.8 Å². The van der Waals surface area contributed by atoms with Crippen molar-refractivity contribution in [2.45, 2.75) is 52.2 Å². The molecule has 0 spiro atoms. The SMILES string of the molecule is CC=C[C@@H](O)[C@H]1CCc2c(cc(CC=C(C)C)c(O)c2C=O)O1. The summed E-state index contributed by atoms with van der Waals surface area (Å²) in [6.07, 6.45) is 6.89. The number of rotatable bonds is 5. The first kappa shape index (κ1) is 17.3. The maximum absolute atomic E-state index is 11.4. The maximum Gasteiger partial charge on any atom is 0.154 e. The number of benzene rings is 1. The monoisotopic (exact) mass is 316 g/mol. The van der Waals surface area contributed by atoms with Crippen LogP contribution < -0.4 is 4.74 Å². The summed E-state index contributed by atoms with van der Waals surface area (Å²) < 4.78 is 5.90. The third kappa shape index (κ3) is 3.82. The molecule has 0 aromatic heterocycles. The summed E-state index contributed by atoms with van der Waals surface area (Å²) in [5.41, 5.74) is 2.83. The van der Waals surface area contributed by atoms with Crippen LogP contribution >= 0.6 is 0 Å². The lowest BCUT2D eigenvalue weighted by atomic mass is 9.92. The van der Waals surface area contributed by atoms with Crippen LogP contribution in [0.2, 0.25) is 0 Å². The van der Waals surface area contributed by atoms with Crippen LogP contribution in [0.4, 0.5) is 0 Å². The fraction of sp³-hybridized carbons (Fsp3) is 0.421. The Morgan fingerprint density at radius 2 is 2.22 bits per heavy atom. The lowest BCUT2D eigenvalue weighted by molar-refractivity contribution is 0.0524. The quantitative estimate of drug-likeness (QED) is 0.646. The molecule has 1 aromatic carbocycles. The molecule has 0 fully saturated rings. The molecule has 1 aliphatic heterocycles. The van der Waals surface area contributed by atoms with Gasteiger partial charge in [0.1, 0.15) is 23.7 Å². The van der Waals surface area contributed by atoms with Crippen LogP contribution in [-0.4, -0.2) is 28.7 Å². The number of ether oxygens (including phenoxy) is 1. The van der Waals surface area contributed by atoms with Crippen molar-refractivity contribution in [2.24, 2.45) is 0 Å². The average molecular weight is 316 g/mol. The van der Waals surface area contributed by atoms with Gasteiger partial charge >= 0.3 is 0 Å². The molecule has 0 aliphatic carbocycles. The van der Waals surface area contributed by atoms with E-state index in [0.717, 1.165) is 11.1 Å². The molecule has 0 unspecified atom stereocenters. The van der Waals surface area contributed by atoms with Gasteiger partial charge < -0.3 is 14.9 Å². The van der Waals surface area contributed by atoms with Crippen LogP contribution in [0.25, 0.3) is 0 Å². The van der Waals surface area contributed by atoms with E-state index in [1.807, 2.05) is 26.8 Å². The van der Waals surface area contributed by atoms with Crippen molar-refractivity contribution < 1.29 is 19.7 Å². The maximum atomic E-state index is 11.4. The number of aliphatic hydroxyl groups excluding tert-OH is 1. The van der Waals surface area contributed by atoms with Crippen molar-refractivity contribution in [1.29, 1.82) is 0 Å². The van der Waals surface area contributed by atoms with Gasteiger partial charge in [0.15, 0.2) is 6.29 Å². The Morgan fingerprint density at radius 1 is 1.48 bits per heavy atom. The number of aldehydes is 1. The number of phenols is 1. The third-order valence-electron chi connectivity index (χ3n) is 4.06. The molecule has 0 radical (unpaired) electrons. The number of carbonyl (C=O) groups excluding carboxylic acids is 1. The minimum Gasteiger partial charge on any atom is -0.507 e. The smallest absolute Gasteiger partial charge is 0.154 e. The molecule has 4 nitrogen and oxygen atoms in total. The number of fused-ring (bicyclic) bond motifs is 1. The van der Waals surface area contributed by atoms with E-state index in [1.54, 1.807) is 18.2 Å². The van der Waals surface area contributed by atoms with E-state index in [0.29, 0.717) is 42.4 Å². The third-order valence-corrected chi connectivity index (χ3v) is 4.06. The van der Waals surface area contributed by atoms with Gasteiger partial charge in [-0.2, -0.15) is 0 Å². The molecule has 1 aromatic rings. The molecule has 0 saturated heterocycles. The molecule has 0 bridgehead atoms. The van der Waals surface area contributed by atoms with Crippen molar-refractivity contribution >= 4 is 6.29 Å². The zero-order valence-corrected chi connectivity index (χ0v) is 13.9. The predicted molar refractivity (Wildman–Crippen MR) is 90.2 cm³/mol. The zero-order chi connectivity index (χ0) is 17.0. The number of hydrogen-bond acceptors (Lipinski definition) is 4. The summed E-state index contributed by atoms with van der Waals surface area (Å²) in [4.78, 5) is 11.4. The summed E-state index contributed by atoms with van der Waals surface area (Å²) >= 11 is 0. The van der Waals surface area contributed by atoms with E-state index >= 15 is 0 Å².